The molecule has 2 atom stereocenters. The van der Waals surface area contributed by atoms with Gasteiger partial charge in [-0.15, -0.1) is 0 Å². The van der Waals surface area contributed by atoms with Crippen LogP contribution < -0.4 is 0 Å². The summed E-state index contributed by atoms with van der Waals surface area (Å²) in [6.45, 7) is 6.78. The van der Waals surface area contributed by atoms with E-state index in [2.05, 4.69) is 6.58 Å². The maximum Gasteiger partial charge on any atom is 0.331 e. The Morgan fingerprint density at radius 3 is 2.08 bits per heavy atom. The van der Waals surface area contributed by atoms with Gasteiger partial charge in [0.2, 0.25) is 0 Å². The molecule has 0 aliphatic heterocycles. The molecule has 0 heterocycles. The molecule has 0 bridgehead atoms. The Bertz CT molecular complexity index is 232. The second-order valence-electron chi connectivity index (χ2n) is 3.03. The Kier molecular flexibility index (Phi) is 4.17. The molecule has 0 saturated carbocycles. The van der Waals surface area contributed by atoms with Gasteiger partial charge in [0.05, 0.1) is 5.92 Å². The fourth-order valence-electron chi connectivity index (χ4n) is 1.10. The van der Waals surface area contributed by atoms with Gasteiger partial charge in [0.25, 0.3) is 0 Å². The van der Waals surface area contributed by atoms with Gasteiger partial charge >= 0.3 is 11.9 Å². The SMILES string of the molecule is C=C(C(=O)O)C(C(=O)O)C(C)CC. The average Bonchev–Trinajstić information content (AvgIpc) is 2.03. The lowest BCUT2D eigenvalue weighted by Crippen LogP contribution is -2.26. The maximum atomic E-state index is 10.7. The van der Waals surface area contributed by atoms with Crippen molar-refractivity contribution in [3.63, 3.8) is 0 Å². The van der Waals surface area contributed by atoms with E-state index >= 15 is 0 Å². The van der Waals surface area contributed by atoms with E-state index in [1.807, 2.05) is 6.92 Å². The van der Waals surface area contributed by atoms with E-state index < -0.39 is 17.9 Å². The summed E-state index contributed by atoms with van der Waals surface area (Å²) in [6, 6.07) is 0. The van der Waals surface area contributed by atoms with Crippen molar-refractivity contribution in [3.8, 4) is 0 Å². The van der Waals surface area contributed by atoms with Gasteiger partial charge in [0.1, 0.15) is 0 Å². The Balaban J connectivity index is 4.71. The second-order valence-corrected chi connectivity index (χ2v) is 3.03. The van der Waals surface area contributed by atoms with E-state index in [9.17, 15) is 9.59 Å². The molecule has 2 N–H and O–H groups in total. The largest absolute Gasteiger partial charge is 0.481 e. The van der Waals surface area contributed by atoms with E-state index in [0.29, 0.717) is 6.42 Å². The van der Waals surface area contributed by atoms with Crippen molar-refractivity contribution in [3.05, 3.63) is 12.2 Å². The number of rotatable bonds is 5. The molecular weight excluding hydrogens is 172 g/mol. The molecule has 2 unspecified atom stereocenters. The van der Waals surface area contributed by atoms with Crippen LogP contribution in [-0.4, -0.2) is 22.2 Å². The van der Waals surface area contributed by atoms with Crippen LogP contribution in [0.1, 0.15) is 20.3 Å². The minimum absolute atomic E-state index is 0.207. The molecule has 0 rings (SSSR count). The van der Waals surface area contributed by atoms with Crippen LogP contribution in [0, 0.1) is 11.8 Å². The van der Waals surface area contributed by atoms with Gasteiger partial charge in [-0.05, 0) is 5.92 Å². The van der Waals surface area contributed by atoms with Crippen LogP contribution in [0.25, 0.3) is 0 Å². The number of hydrogen-bond donors (Lipinski definition) is 2. The topological polar surface area (TPSA) is 74.6 Å². The number of hydrogen-bond acceptors (Lipinski definition) is 2. The molecule has 74 valence electrons. The van der Waals surface area contributed by atoms with Gasteiger partial charge < -0.3 is 10.2 Å². The third kappa shape index (κ3) is 2.89. The van der Waals surface area contributed by atoms with Crippen LogP contribution in [0.5, 0.6) is 0 Å². The fourth-order valence-corrected chi connectivity index (χ4v) is 1.10. The summed E-state index contributed by atoms with van der Waals surface area (Å²) in [5, 5.41) is 17.4. The Labute approximate surface area is 76.9 Å². The molecule has 0 fully saturated rings. The van der Waals surface area contributed by atoms with Crippen LogP contribution in [-0.2, 0) is 9.59 Å². The van der Waals surface area contributed by atoms with Crippen molar-refractivity contribution in [2.75, 3.05) is 0 Å². The van der Waals surface area contributed by atoms with Crippen LogP contribution in [0.2, 0.25) is 0 Å². The summed E-state index contributed by atoms with van der Waals surface area (Å²) in [5.74, 6) is -3.56. The number of carboxylic acid groups (broad SMARTS) is 2. The van der Waals surface area contributed by atoms with Crippen molar-refractivity contribution in [2.24, 2.45) is 11.8 Å². The van der Waals surface area contributed by atoms with Gasteiger partial charge in [-0.3, -0.25) is 4.79 Å². The Hall–Kier alpha value is -1.32. The third-order valence-electron chi connectivity index (χ3n) is 2.13. The highest BCUT2D eigenvalue weighted by atomic mass is 16.4. The van der Waals surface area contributed by atoms with Gasteiger partial charge in [0, 0.05) is 5.57 Å². The molecule has 0 aliphatic carbocycles. The minimum atomic E-state index is -1.24. The molecule has 0 aromatic heterocycles. The van der Waals surface area contributed by atoms with E-state index in [1.165, 1.54) is 0 Å². The lowest BCUT2D eigenvalue weighted by molar-refractivity contribution is -0.145. The Morgan fingerprint density at radius 1 is 1.38 bits per heavy atom. The Morgan fingerprint density at radius 2 is 1.85 bits per heavy atom. The second kappa shape index (κ2) is 4.64. The van der Waals surface area contributed by atoms with Crippen LogP contribution >= 0.6 is 0 Å². The number of aliphatic carboxylic acids is 2. The zero-order valence-corrected chi connectivity index (χ0v) is 7.78. The van der Waals surface area contributed by atoms with Crippen molar-refractivity contribution >= 4 is 11.9 Å². The van der Waals surface area contributed by atoms with Crippen LogP contribution in [0.4, 0.5) is 0 Å². The zero-order chi connectivity index (χ0) is 10.6. The van der Waals surface area contributed by atoms with Gasteiger partial charge in [0.15, 0.2) is 0 Å². The first-order chi connectivity index (χ1) is 5.91. The minimum Gasteiger partial charge on any atom is -0.481 e. The van der Waals surface area contributed by atoms with E-state index in [0.717, 1.165) is 0 Å². The highest BCUT2D eigenvalue weighted by Gasteiger charge is 2.29. The molecular formula is C9H14O4. The van der Waals surface area contributed by atoms with E-state index in [4.69, 9.17) is 10.2 Å². The maximum absolute atomic E-state index is 10.7. The molecule has 0 aromatic carbocycles. The van der Waals surface area contributed by atoms with Crippen LogP contribution in [0.15, 0.2) is 12.2 Å². The molecule has 0 amide bonds. The first-order valence-corrected chi connectivity index (χ1v) is 4.06. The monoisotopic (exact) mass is 186 g/mol. The standard InChI is InChI=1S/C9H14O4/c1-4-5(2)7(9(12)13)6(3)8(10)11/h5,7H,3-4H2,1-2H3,(H,10,11)(H,12,13). The van der Waals surface area contributed by atoms with Crippen molar-refractivity contribution < 1.29 is 19.8 Å². The predicted molar refractivity (Wildman–Crippen MR) is 47.4 cm³/mol. The number of carboxylic acids is 2. The van der Waals surface area contributed by atoms with Crippen molar-refractivity contribution in [1.82, 2.24) is 0 Å². The lowest BCUT2D eigenvalue weighted by Gasteiger charge is -2.18. The molecule has 0 aliphatic rings. The normalized spacial score (nSPS) is 14.6. The van der Waals surface area contributed by atoms with Gasteiger partial charge in [-0.1, -0.05) is 26.8 Å². The molecule has 0 spiro atoms. The number of carbonyl (C=O) groups is 2. The molecule has 0 saturated heterocycles. The molecule has 0 radical (unpaired) electrons. The lowest BCUT2D eigenvalue weighted by atomic mass is 9.86. The third-order valence-corrected chi connectivity index (χ3v) is 2.13. The van der Waals surface area contributed by atoms with Crippen molar-refractivity contribution in [2.45, 2.75) is 20.3 Å². The van der Waals surface area contributed by atoms with E-state index in [1.54, 1.807) is 6.92 Å². The molecule has 13 heavy (non-hydrogen) atoms. The molecule has 4 nitrogen and oxygen atoms in total. The highest BCUT2D eigenvalue weighted by molar-refractivity contribution is 5.93. The fraction of sp³-hybridized carbons (Fsp3) is 0.556. The summed E-state index contributed by atoms with van der Waals surface area (Å²) in [7, 11) is 0. The molecule has 0 aromatic rings. The average molecular weight is 186 g/mol. The predicted octanol–water partition coefficient (Wildman–Crippen LogP) is 1.37. The summed E-state index contributed by atoms with van der Waals surface area (Å²) in [6.07, 6.45) is 0.614. The summed E-state index contributed by atoms with van der Waals surface area (Å²) in [4.78, 5) is 21.2. The first kappa shape index (κ1) is 11.7. The van der Waals surface area contributed by atoms with E-state index in [-0.39, 0.29) is 11.5 Å². The quantitative estimate of drug-likeness (QED) is 0.636. The zero-order valence-electron chi connectivity index (χ0n) is 7.78. The summed E-state index contributed by atoms with van der Waals surface area (Å²) >= 11 is 0. The van der Waals surface area contributed by atoms with Crippen LogP contribution in [0.3, 0.4) is 0 Å². The summed E-state index contributed by atoms with van der Waals surface area (Å²) < 4.78 is 0. The van der Waals surface area contributed by atoms with Crippen molar-refractivity contribution in [1.29, 1.82) is 0 Å². The smallest absolute Gasteiger partial charge is 0.331 e. The van der Waals surface area contributed by atoms with Gasteiger partial charge in [-0.2, -0.15) is 0 Å². The molecule has 4 heteroatoms. The first-order valence-electron chi connectivity index (χ1n) is 4.06. The summed E-state index contributed by atoms with van der Waals surface area (Å²) in [5.41, 5.74) is -0.248. The van der Waals surface area contributed by atoms with Gasteiger partial charge in [-0.25, -0.2) is 4.79 Å². The highest BCUT2D eigenvalue weighted by Crippen LogP contribution is 2.22.